The van der Waals surface area contributed by atoms with Crippen LogP contribution in [0.1, 0.15) is 21.5 Å². The standard InChI is InChI=1S/C15H12N2O3/c16-8-12-7-10(9-18)1-6-14(12)20-13-4-2-11(3-5-13)15(17)19/h1-7,18H,9H2,(H2,17,19). The molecule has 0 aliphatic heterocycles. The minimum Gasteiger partial charge on any atom is -0.456 e. The third kappa shape index (κ3) is 2.94. The maximum Gasteiger partial charge on any atom is 0.248 e. The summed E-state index contributed by atoms with van der Waals surface area (Å²) in [5, 5.41) is 18.1. The monoisotopic (exact) mass is 268 g/mol. The quantitative estimate of drug-likeness (QED) is 0.885. The number of nitriles is 1. The first-order chi connectivity index (χ1) is 9.63. The Morgan fingerprint density at radius 2 is 1.95 bits per heavy atom. The molecule has 0 radical (unpaired) electrons. The van der Waals surface area contributed by atoms with Crippen LogP contribution >= 0.6 is 0 Å². The molecule has 100 valence electrons. The SMILES string of the molecule is N#Cc1cc(CO)ccc1Oc1ccc(C(N)=O)cc1. The molecule has 2 aromatic carbocycles. The lowest BCUT2D eigenvalue weighted by Gasteiger charge is -2.08. The zero-order chi connectivity index (χ0) is 14.5. The Kier molecular flexibility index (Phi) is 3.99. The fourth-order valence-electron chi connectivity index (χ4n) is 1.67. The molecule has 0 aliphatic carbocycles. The van der Waals surface area contributed by atoms with Crippen molar-refractivity contribution >= 4 is 5.91 Å². The highest BCUT2D eigenvalue weighted by molar-refractivity contribution is 5.92. The second-order valence-corrected chi connectivity index (χ2v) is 4.09. The molecule has 20 heavy (non-hydrogen) atoms. The predicted octanol–water partition coefficient (Wildman–Crippen LogP) is 1.94. The smallest absolute Gasteiger partial charge is 0.248 e. The van der Waals surface area contributed by atoms with Gasteiger partial charge in [-0.3, -0.25) is 4.79 Å². The zero-order valence-corrected chi connectivity index (χ0v) is 10.5. The Hall–Kier alpha value is -2.84. The first-order valence-electron chi connectivity index (χ1n) is 5.85. The zero-order valence-electron chi connectivity index (χ0n) is 10.5. The number of nitrogens with two attached hydrogens (primary N) is 1. The molecular weight excluding hydrogens is 256 g/mol. The molecule has 2 rings (SSSR count). The second-order valence-electron chi connectivity index (χ2n) is 4.09. The number of carbonyl (C=O) groups excluding carboxylic acids is 1. The van der Waals surface area contributed by atoms with Crippen molar-refractivity contribution in [3.8, 4) is 17.6 Å². The van der Waals surface area contributed by atoms with Crippen LogP contribution in [0.2, 0.25) is 0 Å². The number of rotatable bonds is 4. The minimum atomic E-state index is -0.512. The molecule has 0 atom stereocenters. The summed E-state index contributed by atoms with van der Waals surface area (Å²) in [5.41, 5.74) is 6.50. The van der Waals surface area contributed by atoms with Crippen LogP contribution in [0.3, 0.4) is 0 Å². The largest absolute Gasteiger partial charge is 0.456 e. The molecule has 0 heterocycles. The Morgan fingerprint density at radius 1 is 1.25 bits per heavy atom. The number of aliphatic hydroxyl groups is 1. The minimum absolute atomic E-state index is 0.137. The van der Waals surface area contributed by atoms with Gasteiger partial charge in [-0.2, -0.15) is 5.26 Å². The number of amides is 1. The summed E-state index contributed by atoms with van der Waals surface area (Å²) in [6.45, 7) is -0.137. The normalized spacial score (nSPS) is 9.80. The molecular formula is C15H12N2O3. The number of aliphatic hydroxyl groups excluding tert-OH is 1. The van der Waals surface area contributed by atoms with E-state index in [0.717, 1.165) is 0 Å². The van der Waals surface area contributed by atoms with Gasteiger partial charge in [-0.25, -0.2) is 0 Å². The molecule has 1 amide bonds. The second kappa shape index (κ2) is 5.87. The van der Waals surface area contributed by atoms with Crippen LogP contribution in [-0.2, 0) is 6.61 Å². The van der Waals surface area contributed by atoms with Gasteiger partial charge >= 0.3 is 0 Å². The summed E-state index contributed by atoms with van der Waals surface area (Å²) >= 11 is 0. The Morgan fingerprint density at radius 3 is 2.50 bits per heavy atom. The third-order valence-corrected chi connectivity index (χ3v) is 2.71. The number of carbonyl (C=O) groups is 1. The maximum atomic E-state index is 11.0. The van der Waals surface area contributed by atoms with Gasteiger partial charge in [0.15, 0.2) is 0 Å². The average Bonchev–Trinajstić information content (AvgIpc) is 2.48. The first-order valence-corrected chi connectivity index (χ1v) is 5.85. The molecule has 0 unspecified atom stereocenters. The lowest BCUT2D eigenvalue weighted by Crippen LogP contribution is -2.10. The molecule has 0 saturated carbocycles. The summed E-state index contributed by atoms with van der Waals surface area (Å²) < 4.78 is 5.58. The highest BCUT2D eigenvalue weighted by Gasteiger charge is 2.07. The van der Waals surface area contributed by atoms with E-state index in [1.807, 2.05) is 6.07 Å². The fourth-order valence-corrected chi connectivity index (χ4v) is 1.67. The Labute approximate surface area is 115 Å². The van der Waals surface area contributed by atoms with Gasteiger partial charge < -0.3 is 15.6 Å². The van der Waals surface area contributed by atoms with E-state index in [0.29, 0.717) is 28.2 Å². The van der Waals surface area contributed by atoms with Crippen LogP contribution in [0.25, 0.3) is 0 Å². The number of hydrogen-bond acceptors (Lipinski definition) is 4. The van der Waals surface area contributed by atoms with Gasteiger partial charge in [-0.15, -0.1) is 0 Å². The van der Waals surface area contributed by atoms with Gasteiger partial charge in [-0.1, -0.05) is 6.07 Å². The average molecular weight is 268 g/mol. The lowest BCUT2D eigenvalue weighted by atomic mass is 10.1. The van der Waals surface area contributed by atoms with Crippen molar-refractivity contribution in [1.82, 2.24) is 0 Å². The van der Waals surface area contributed by atoms with Crippen molar-refractivity contribution < 1.29 is 14.6 Å². The summed E-state index contributed by atoms with van der Waals surface area (Å²) in [6.07, 6.45) is 0. The van der Waals surface area contributed by atoms with Crippen molar-refractivity contribution in [3.63, 3.8) is 0 Å². The number of hydrogen-bond donors (Lipinski definition) is 2. The summed E-state index contributed by atoms with van der Waals surface area (Å²) in [4.78, 5) is 11.0. The van der Waals surface area contributed by atoms with Gasteiger partial charge in [0.05, 0.1) is 12.2 Å². The van der Waals surface area contributed by atoms with E-state index < -0.39 is 5.91 Å². The molecule has 0 spiro atoms. The van der Waals surface area contributed by atoms with E-state index in [1.54, 1.807) is 42.5 Å². The molecule has 5 heteroatoms. The van der Waals surface area contributed by atoms with Gasteiger partial charge in [0.25, 0.3) is 0 Å². The van der Waals surface area contributed by atoms with E-state index >= 15 is 0 Å². The predicted molar refractivity (Wildman–Crippen MR) is 72.1 cm³/mol. The first kappa shape index (κ1) is 13.6. The molecule has 0 aromatic heterocycles. The van der Waals surface area contributed by atoms with Crippen LogP contribution in [-0.4, -0.2) is 11.0 Å². The molecule has 2 aromatic rings. The van der Waals surface area contributed by atoms with Crippen molar-refractivity contribution in [3.05, 3.63) is 59.2 Å². The van der Waals surface area contributed by atoms with E-state index in [-0.39, 0.29) is 6.61 Å². The van der Waals surface area contributed by atoms with Gasteiger partial charge in [0.1, 0.15) is 17.6 Å². The number of ether oxygens (including phenoxy) is 1. The van der Waals surface area contributed by atoms with E-state index in [2.05, 4.69) is 0 Å². The van der Waals surface area contributed by atoms with Crippen molar-refractivity contribution in [2.75, 3.05) is 0 Å². The van der Waals surface area contributed by atoms with E-state index in [1.165, 1.54) is 0 Å². The highest BCUT2D eigenvalue weighted by atomic mass is 16.5. The summed E-state index contributed by atoms with van der Waals surface area (Å²) in [7, 11) is 0. The van der Waals surface area contributed by atoms with Crippen molar-refractivity contribution in [1.29, 1.82) is 5.26 Å². The molecule has 0 saturated heterocycles. The number of nitrogens with zero attached hydrogens (tertiary/aromatic N) is 1. The molecule has 3 N–H and O–H groups in total. The topological polar surface area (TPSA) is 96.3 Å². The van der Waals surface area contributed by atoms with Crippen molar-refractivity contribution in [2.24, 2.45) is 5.73 Å². The van der Waals surface area contributed by atoms with Crippen LogP contribution in [0, 0.1) is 11.3 Å². The van der Waals surface area contributed by atoms with Crippen LogP contribution in [0.15, 0.2) is 42.5 Å². The lowest BCUT2D eigenvalue weighted by molar-refractivity contribution is 0.100. The van der Waals surface area contributed by atoms with E-state index in [9.17, 15) is 4.79 Å². The summed E-state index contributed by atoms with van der Waals surface area (Å²) in [6, 6.07) is 13.2. The van der Waals surface area contributed by atoms with Crippen molar-refractivity contribution in [2.45, 2.75) is 6.61 Å². The molecule has 0 bridgehead atoms. The molecule has 5 nitrogen and oxygen atoms in total. The van der Waals surface area contributed by atoms with Crippen LogP contribution < -0.4 is 10.5 Å². The number of primary amides is 1. The highest BCUT2D eigenvalue weighted by Crippen LogP contribution is 2.26. The van der Waals surface area contributed by atoms with E-state index in [4.69, 9.17) is 20.8 Å². The number of benzene rings is 2. The summed E-state index contributed by atoms with van der Waals surface area (Å²) in [5.74, 6) is 0.362. The Balaban J connectivity index is 2.26. The fraction of sp³-hybridized carbons (Fsp3) is 0.0667. The van der Waals surface area contributed by atoms with Crippen LogP contribution in [0.5, 0.6) is 11.5 Å². The Bertz CT molecular complexity index is 673. The maximum absolute atomic E-state index is 11.0. The van der Waals surface area contributed by atoms with Gasteiger partial charge in [-0.05, 0) is 42.0 Å². The molecule has 0 fully saturated rings. The van der Waals surface area contributed by atoms with Gasteiger partial charge in [0.2, 0.25) is 5.91 Å². The van der Waals surface area contributed by atoms with Gasteiger partial charge in [0, 0.05) is 5.56 Å². The van der Waals surface area contributed by atoms with Crippen LogP contribution in [0.4, 0.5) is 0 Å². The molecule has 0 aliphatic rings. The third-order valence-electron chi connectivity index (χ3n) is 2.71.